The maximum Gasteiger partial charge on any atom is 0.242 e. The van der Waals surface area contributed by atoms with Crippen LogP contribution in [-0.4, -0.2) is 33.0 Å². The molecule has 0 aliphatic heterocycles. The highest BCUT2D eigenvalue weighted by Crippen LogP contribution is 2.21. The van der Waals surface area contributed by atoms with Crippen LogP contribution in [-0.2, 0) is 10.0 Å². The molecule has 108 valence electrons. The van der Waals surface area contributed by atoms with Gasteiger partial charge in [-0.3, -0.25) is 0 Å². The number of benzene rings is 1. The Balaban J connectivity index is 2.79. The van der Waals surface area contributed by atoms with Crippen molar-refractivity contribution in [1.29, 1.82) is 0 Å². The highest BCUT2D eigenvalue weighted by atomic mass is 32.2. The summed E-state index contributed by atoms with van der Waals surface area (Å²) < 4.78 is 26.6. The summed E-state index contributed by atoms with van der Waals surface area (Å²) in [4.78, 5) is 0.314. The Morgan fingerprint density at radius 3 is 2.63 bits per heavy atom. The normalized spacial score (nSPS) is 13.2. The van der Waals surface area contributed by atoms with E-state index in [1.807, 2.05) is 17.8 Å². The van der Waals surface area contributed by atoms with Gasteiger partial charge in [-0.25, -0.2) is 13.1 Å². The molecule has 0 aliphatic rings. The molecule has 6 heteroatoms. The highest BCUT2D eigenvalue weighted by Gasteiger charge is 2.16. The monoisotopic (exact) mass is 302 g/mol. The van der Waals surface area contributed by atoms with Crippen molar-refractivity contribution < 1.29 is 8.42 Å². The van der Waals surface area contributed by atoms with E-state index in [0.29, 0.717) is 22.4 Å². The van der Waals surface area contributed by atoms with E-state index in [4.69, 9.17) is 0 Å². The first-order chi connectivity index (χ1) is 9.01. The van der Waals surface area contributed by atoms with Crippen molar-refractivity contribution in [2.75, 3.05) is 24.7 Å². The molecule has 4 nitrogen and oxygen atoms in total. The van der Waals surface area contributed by atoms with Crippen LogP contribution in [0.2, 0.25) is 0 Å². The first kappa shape index (κ1) is 16.3. The Labute approximate surface area is 120 Å². The summed E-state index contributed by atoms with van der Waals surface area (Å²) >= 11 is 1.81. The number of thioether (sulfide) groups is 1. The summed E-state index contributed by atoms with van der Waals surface area (Å²) in [5.41, 5.74) is 0.664. The van der Waals surface area contributed by atoms with Crippen molar-refractivity contribution in [1.82, 2.24) is 4.72 Å². The predicted molar refractivity (Wildman–Crippen MR) is 83.4 cm³/mol. The van der Waals surface area contributed by atoms with E-state index in [0.717, 1.165) is 13.0 Å². The molecule has 0 aromatic heterocycles. The summed E-state index contributed by atoms with van der Waals surface area (Å²) in [5, 5.41) is 3.77. The summed E-state index contributed by atoms with van der Waals surface area (Å²) in [5.74, 6) is 0. The van der Waals surface area contributed by atoms with Crippen molar-refractivity contribution in [2.24, 2.45) is 0 Å². The van der Waals surface area contributed by atoms with Crippen LogP contribution in [0.25, 0.3) is 0 Å². The standard InChI is InChI=1S/C13H22N2O2S2/c1-4-15-19(16,17)13-8-6-5-7-12(13)14-10-9-11(2)18-3/h5-8,11,14-15H,4,9-10H2,1-3H3. The van der Waals surface area contributed by atoms with Gasteiger partial charge in [-0.2, -0.15) is 11.8 Å². The Kier molecular flexibility index (Phi) is 6.68. The van der Waals surface area contributed by atoms with E-state index in [2.05, 4.69) is 23.2 Å². The van der Waals surface area contributed by atoms with Crippen LogP contribution in [0.3, 0.4) is 0 Å². The Hall–Kier alpha value is -0.720. The maximum absolute atomic E-state index is 12.1. The van der Waals surface area contributed by atoms with E-state index in [-0.39, 0.29) is 0 Å². The number of para-hydroxylation sites is 1. The van der Waals surface area contributed by atoms with Gasteiger partial charge in [-0.1, -0.05) is 26.0 Å². The van der Waals surface area contributed by atoms with Crippen LogP contribution in [0.1, 0.15) is 20.3 Å². The van der Waals surface area contributed by atoms with E-state index >= 15 is 0 Å². The fourth-order valence-electron chi connectivity index (χ4n) is 1.64. The number of hydrogen-bond donors (Lipinski definition) is 2. The van der Waals surface area contributed by atoms with Crippen molar-refractivity contribution >= 4 is 27.5 Å². The summed E-state index contributed by atoms with van der Waals surface area (Å²) in [7, 11) is -3.41. The van der Waals surface area contributed by atoms with Crippen LogP contribution in [0, 0.1) is 0 Å². The van der Waals surface area contributed by atoms with Gasteiger partial charge < -0.3 is 5.32 Å². The van der Waals surface area contributed by atoms with Crippen LogP contribution < -0.4 is 10.0 Å². The molecule has 0 bridgehead atoms. The summed E-state index contributed by atoms with van der Waals surface area (Å²) in [6.07, 6.45) is 3.07. The minimum atomic E-state index is -3.41. The van der Waals surface area contributed by atoms with Gasteiger partial charge in [-0.05, 0) is 24.8 Å². The maximum atomic E-state index is 12.1. The van der Waals surface area contributed by atoms with E-state index in [1.54, 1.807) is 25.1 Å². The van der Waals surface area contributed by atoms with Gasteiger partial charge in [0.15, 0.2) is 0 Å². The molecule has 0 aliphatic carbocycles. The Bertz CT molecular complexity index is 489. The molecule has 1 aromatic carbocycles. The third-order valence-corrected chi connectivity index (χ3v) is 5.42. The van der Waals surface area contributed by atoms with Gasteiger partial charge in [0, 0.05) is 18.3 Å². The molecule has 0 amide bonds. The average molecular weight is 302 g/mol. The molecule has 0 heterocycles. The summed E-state index contributed by atoms with van der Waals surface area (Å²) in [6.45, 7) is 5.09. The lowest BCUT2D eigenvalue weighted by molar-refractivity contribution is 0.584. The zero-order valence-electron chi connectivity index (χ0n) is 11.6. The SMILES string of the molecule is CCNS(=O)(=O)c1ccccc1NCCC(C)SC. The van der Waals surface area contributed by atoms with Gasteiger partial charge in [-0.15, -0.1) is 0 Å². The van der Waals surface area contributed by atoms with Gasteiger partial charge >= 0.3 is 0 Å². The molecular weight excluding hydrogens is 280 g/mol. The van der Waals surface area contributed by atoms with Crippen LogP contribution in [0.4, 0.5) is 5.69 Å². The third kappa shape index (κ3) is 5.04. The molecule has 19 heavy (non-hydrogen) atoms. The molecule has 2 N–H and O–H groups in total. The van der Waals surface area contributed by atoms with Crippen LogP contribution in [0.5, 0.6) is 0 Å². The third-order valence-electron chi connectivity index (χ3n) is 2.78. The highest BCUT2D eigenvalue weighted by molar-refractivity contribution is 7.99. The number of anilines is 1. The number of sulfonamides is 1. The zero-order chi connectivity index (χ0) is 14.3. The van der Waals surface area contributed by atoms with Crippen LogP contribution in [0.15, 0.2) is 29.2 Å². The van der Waals surface area contributed by atoms with Crippen molar-refractivity contribution in [2.45, 2.75) is 30.4 Å². The first-order valence-electron chi connectivity index (χ1n) is 6.36. The predicted octanol–water partition coefficient (Wildman–Crippen LogP) is 2.54. The van der Waals surface area contributed by atoms with Gasteiger partial charge in [0.25, 0.3) is 0 Å². The molecule has 0 saturated carbocycles. The largest absolute Gasteiger partial charge is 0.384 e. The molecule has 1 rings (SSSR count). The van der Waals surface area contributed by atoms with Gasteiger partial charge in [0.1, 0.15) is 4.90 Å². The second-order valence-corrected chi connectivity index (χ2v) is 7.27. The van der Waals surface area contributed by atoms with Gasteiger partial charge in [0.2, 0.25) is 10.0 Å². The average Bonchev–Trinajstić information content (AvgIpc) is 2.39. The number of hydrogen-bond acceptors (Lipinski definition) is 4. The molecule has 1 atom stereocenters. The molecule has 0 saturated heterocycles. The zero-order valence-corrected chi connectivity index (χ0v) is 13.3. The summed E-state index contributed by atoms with van der Waals surface area (Å²) in [6, 6.07) is 7.00. The second-order valence-electron chi connectivity index (χ2n) is 4.26. The quantitative estimate of drug-likeness (QED) is 0.775. The molecule has 1 unspecified atom stereocenters. The minimum absolute atomic E-state index is 0.314. The van der Waals surface area contributed by atoms with Gasteiger partial charge in [0.05, 0.1) is 5.69 Å². The number of nitrogens with one attached hydrogen (secondary N) is 2. The van der Waals surface area contributed by atoms with E-state index in [9.17, 15) is 8.42 Å². The first-order valence-corrected chi connectivity index (χ1v) is 9.13. The smallest absolute Gasteiger partial charge is 0.242 e. The lowest BCUT2D eigenvalue weighted by Crippen LogP contribution is -2.24. The second kappa shape index (κ2) is 7.77. The van der Waals surface area contributed by atoms with E-state index < -0.39 is 10.0 Å². The Morgan fingerprint density at radius 1 is 1.32 bits per heavy atom. The Morgan fingerprint density at radius 2 is 2.00 bits per heavy atom. The molecular formula is C13H22N2O2S2. The topological polar surface area (TPSA) is 58.2 Å². The molecule has 0 fully saturated rings. The van der Waals surface area contributed by atoms with Crippen molar-refractivity contribution in [3.05, 3.63) is 24.3 Å². The molecule has 0 spiro atoms. The lowest BCUT2D eigenvalue weighted by atomic mass is 10.3. The van der Waals surface area contributed by atoms with Crippen molar-refractivity contribution in [3.63, 3.8) is 0 Å². The molecule has 0 radical (unpaired) electrons. The van der Waals surface area contributed by atoms with Crippen molar-refractivity contribution in [3.8, 4) is 0 Å². The minimum Gasteiger partial charge on any atom is -0.384 e. The number of rotatable bonds is 8. The molecule has 1 aromatic rings. The fourth-order valence-corrected chi connectivity index (χ4v) is 3.22. The van der Waals surface area contributed by atoms with E-state index in [1.165, 1.54) is 0 Å². The lowest BCUT2D eigenvalue weighted by Gasteiger charge is -2.14. The van der Waals surface area contributed by atoms with Crippen LogP contribution >= 0.6 is 11.8 Å². The fraction of sp³-hybridized carbons (Fsp3) is 0.538.